The van der Waals surface area contributed by atoms with Crippen molar-refractivity contribution < 1.29 is 36.2 Å². The third-order valence-corrected chi connectivity index (χ3v) is 4.95. The quantitative estimate of drug-likeness (QED) is 0.255. The largest absolute Gasteiger partial charge is 0.418 e. The number of halogens is 8. The summed E-state index contributed by atoms with van der Waals surface area (Å²) >= 11 is 5.49. The molecule has 15 heteroatoms. The zero-order valence-electron chi connectivity index (χ0n) is 13.4. The molecular weight excluding hydrogens is 548 g/mol. The van der Waals surface area contributed by atoms with E-state index in [9.17, 15) is 46.6 Å². The Hall–Kier alpha value is -2.42. The lowest BCUT2D eigenvalue weighted by Gasteiger charge is -2.18. The SMILES string of the molecule is O=[N+]([O-])c1cc([N+](=O)[O-])c(Nc2c(Br)ccc(C(F)(F)F)c2Br)c(C(F)(F)F)c1. The van der Waals surface area contributed by atoms with Crippen molar-refractivity contribution in [2.45, 2.75) is 12.4 Å². The van der Waals surface area contributed by atoms with Gasteiger partial charge >= 0.3 is 12.4 Å². The van der Waals surface area contributed by atoms with Gasteiger partial charge in [0.05, 0.1) is 37.2 Å². The fourth-order valence-corrected chi connectivity index (χ4v) is 3.59. The van der Waals surface area contributed by atoms with Crippen molar-refractivity contribution in [3.05, 3.63) is 64.6 Å². The minimum absolute atomic E-state index is 0.0464. The van der Waals surface area contributed by atoms with E-state index < -0.39 is 60.5 Å². The summed E-state index contributed by atoms with van der Waals surface area (Å²) in [5.74, 6) is 0. The number of hydrogen-bond donors (Lipinski definition) is 1. The van der Waals surface area contributed by atoms with Gasteiger partial charge in [0, 0.05) is 10.5 Å². The number of benzene rings is 2. The molecule has 2 aromatic carbocycles. The van der Waals surface area contributed by atoms with Gasteiger partial charge in [-0.05, 0) is 44.0 Å². The zero-order chi connectivity index (χ0) is 22.3. The first-order valence-corrected chi connectivity index (χ1v) is 8.59. The minimum Gasteiger partial charge on any atom is -0.348 e. The lowest BCUT2D eigenvalue weighted by Crippen LogP contribution is -2.13. The molecular formula is C14H5Br2F6N3O4. The number of rotatable bonds is 4. The molecule has 0 saturated heterocycles. The molecule has 0 atom stereocenters. The molecule has 0 saturated carbocycles. The summed E-state index contributed by atoms with van der Waals surface area (Å²) in [6.45, 7) is 0. The standard InChI is InChI=1S/C14H5Br2F6N3O4/c15-8-2-1-6(13(17,18)19)10(16)12(8)23-11-7(14(20,21)22)3-5(24(26)27)4-9(11)25(28)29/h1-4,23H. The van der Waals surface area contributed by atoms with E-state index in [1.807, 2.05) is 5.32 Å². The number of alkyl halides is 6. The molecule has 0 heterocycles. The van der Waals surface area contributed by atoms with Crippen LogP contribution < -0.4 is 5.32 Å². The van der Waals surface area contributed by atoms with Gasteiger partial charge in [0.2, 0.25) is 0 Å². The van der Waals surface area contributed by atoms with Gasteiger partial charge in [-0.1, -0.05) is 0 Å². The summed E-state index contributed by atoms with van der Waals surface area (Å²) in [6.07, 6.45) is -10.2. The van der Waals surface area contributed by atoms with Crippen LogP contribution in [0.25, 0.3) is 0 Å². The Morgan fingerprint density at radius 2 is 1.38 bits per heavy atom. The second-order valence-electron chi connectivity index (χ2n) is 5.31. The Morgan fingerprint density at radius 3 is 1.83 bits per heavy atom. The number of nitro benzene ring substituents is 2. The van der Waals surface area contributed by atoms with Crippen molar-refractivity contribution in [1.82, 2.24) is 0 Å². The second-order valence-corrected chi connectivity index (χ2v) is 6.95. The molecule has 0 amide bonds. The van der Waals surface area contributed by atoms with Crippen LogP contribution in [0.3, 0.4) is 0 Å². The highest BCUT2D eigenvalue weighted by Gasteiger charge is 2.41. The minimum atomic E-state index is -5.29. The van der Waals surface area contributed by atoms with Crippen LogP contribution in [0.2, 0.25) is 0 Å². The Morgan fingerprint density at radius 1 is 0.828 bits per heavy atom. The number of nitrogens with one attached hydrogen (secondary N) is 1. The number of non-ortho nitro benzene ring substituents is 1. The van der Waals surface area contributed by atoms with Crippen molar-refractivity contribution in [2.75, 3.05) is 5.32 Å². The van der Waals surface area contributed by atoms with Crippen LogP contribution in [-0.4, -0.2) is 9.85 Å². The molecule has 0 aliphatic rings. The van der Waals surface area contributed by atoms with E-state index in [4.69, 9.17) is 0 Å². The molecule has 0 radical (unpaired) electrons. The van der Waals surface area contributed by atoms with E-state index in [0.717, 1.165) is 6.07 Å². The first-order valence-electron chi connectivity index (χ1n) is 7.00. The number of hydrogen-bond acceptors (Lipinski definition) is 5. The maximum absolute atomic E-state index is 13.4. The highest BCUT2D eigenvalue weighted by molar-refractivity contribution is 9.11. The van der Waals surface area contributed by atoms with Gasteiger partial charge in [-0.15, -0.1) is 0 Å². The Kier molecular flexibility index (Phi) is 6.13. The molecule has 2 rings (SSSR count). The molecule has 0 unspecified atom stereocenters. The second kappa shape index (κ2) is 7.78. The van der Waals surface area contributed by atoms with Gasteiger partial charge in [0.1, 0.15) is 5.69 Å². The topological polar surface area (TPSA) is 98.3 Å². The summed E-state index contributed by atoms with van der Waals surface area (Å²) in [7, 11) is 0. The molecule has 29 heavy (non-hydrogen) atoms. The molecule has 2 aromatic rings. The van der Waals surface area contributed by atoms with Gasteiger partial charge in [0.25, 0.3) is 11.4 Å². The van der Waals surface area contributed by atoms with Crippen LogP contribution in [0, 0.1) is 20.2 Å². The Balaban J connectivity index is 2.83. The number of nitro groups is 2. The summed E-state index contributed by atoms with van der Waals surface area (Å²) in [6, 6.07) is 1.83. The predicted molar refractivity (Wildman–Crippen MR) is 94.9 cm³/mol. The molecule has 0 spiro atoms. The van der Waals surface area contributed by atoms with Crippen LogP contribution in [0.5, 0.6) is 0 Å². The molecule has 7 nitrogen and oxygen atoms in total. The lowest BCUT2D eigenvalue weighted by molar-refractivity contribution is -0.394. The van der Waals surface area contributed by atoms with E-state index >= 15 is 0 Å². The van der Waals surface area contributed by atoms with Gasteiger partial charge in [0.15, 0.2) is 0 Å². The third-order valence-electron chi connectivity index (χ3n) is 3.46. The van der Waals surface area contributed by atoms with Crippen LogP contribution in [0.4, 0.5) is 49.1 Å². The van der Waals surface area contributed by atoms with Gasteiger partial charge in [-0.25, -0.2) is 0 Å². The van der Waals surface area contributed by atoms with Crippen LogP contribution in [0.15, 0.2) is 33.2 Å². The van der Waals surface area contributed by atoms with Crippen molar-refractivity contribution in [1.29, 1.82) is 0 Å². The highest BCUT2D eigenvalue weighted by atomic mass is 79.9. The van der Waals surface area contributed by atoms with Crippen molar-refractivity contribution in [3.8, 4) is 0 Å². The van der Waals surface area contributed by atoms with E-state index in [2.05, 4.69) is 31.9 Å². The average Bonchev–Trinajstić information content (AvgIpc) is 2.55. The summed E-state index contributed by atoms with van der Waals surface area (Å²) in [5, 5.41) is 24.0. The van der Waals surface area contributed by atoms with E-state index in [0.29, 0.717) is 6.07 Å². The van der Waals surface area contributed by atoms with Crippen molar-refractivity contribution in [3.63, 3.8) is 0 Å². The molecule has 0 aliphatic carbocycles. The summed E-state index contributed by atoms with van der Waals surface area (Å²) < 4.78 is 78.6. The summed E-state index contributed by atoms with van der Waals surface area (Å²) in [4.78, 5) is 19.5. The summed E-state index contributed by atoms with van der Waals surface area (Å²) in [5.41, 5.74) is -7.47. The van der Waals surface area contributed by atoms with Crippen LogP contribution in [-0.2, 0) is 12.4 Å². The first kappa shape index (κ1) is 22.9. The maximum atomic E-state index is 13.4. The van der Waals surface area contributed by atoms with Gasteiger partial charge in [-0.3, -0.25) is 20.2 Å². The van der Waals surface area contributed by atoms with Gasteiger partial charge in [-0.2, -0.15) is 26.3 Å². The molecule has 0 aliphatic heterocycles. The number of nitrogens with zero attached hydrogens (tertiary/aromatic N) is 2. The smallest absolute Gasteiger partial charge is 0.348 e. The van der Waals surface area contributed by atoms with Crippen LogP contribution >= 0.6 is 31.9 Å². The zero-order valence-corrected chi connectivity index (χ0v) is 16.5. The third kappa shape index (κ3) is 4.77. The molecule has 0 bridgehead atoms. The molecule has 0 aromatic heterocycles. The Bertz CT molecular complexity index is 1010. The lowest BCUT2D eigenvalue weighted by atomic mass is 10.1. The fourth-order valence-electron chi connectivity index (χ4n) is 2.23. The molecule has 156 valence electrons. The maximum Gasteiger partial charge on any atom is 0.418 e. The highest BCUT2D eigenvalue weighted by Crippen LogP contribution is 2.47. The van der Waals surface area contributed by atoms with E-state index in [1.165, 1.54) is 0 Å². The van der Waals surface area contributed by atoms with E-state index in [-0.39, 0.29) is 16.6 Å². The van der Waals surface area contributed by atoms with Gasteiger partial charge < -0.3 is 5.32 Å². The average molecular weight is 553 g/mol. The normalized spacial score (nSPS) is 12.0. The van der Waals surface area contributed by atoms with Crippen molar-refractivity contribution in [2.24, 2.45) is 0 Å². The molecule has 0 fully saturated rings. The van der Waals surface area contributed by atoms with Crippen LogP contribution in [0.1, 0.15) is 11.1 Å². The van der Waals surface area contributed by atoms with E-state index in [1.54, 1.807) is 0 Å². The fraction of sp³-hybridized carbons (Fsp3) is 0.143. The van der Waals surface area contributed by atoms with Crippen molar-refractivity contribution >= 4 is 54.6 Å². The first-order chi connectivity index (χ1) is 13.1. The Labute approximate surface area is 173 Å². The predicted octanol–water partition coefficient (Wildman–Crippen LogP) is 6.81. The number of anilines is 2. The monoisotopic (exact) mass is 551 g/mol. The molecule has 1 N–H and O–H groups in total.